The van der Waals surface area contributed by atoms with E-state index < -0.39 is 0 Å². The van der Waals surface area contributed by atoms with Crippen LogP contribution in [0.3, 0.4) is 0 Å². The highest BCUT2D eigenvalue weighted by Gasteiger charge is 2.31. The summed E-state index contributed by atoms with van der Waals surface area (Å²) in [5.74, 6) is 2.02. The largest absolute Gasteiger partial charge is 0.354 e. The van der Waals surface area contributed by atoms with Crippen LogP contribution in [0.1, 0.15) is 69.8 Å². The van der Waals surface area contributed by atoms with E-state index in [4.69, 9.17) is 10.1 Å². The molecule has 3 aliphatic heterocycles. The third-order valence-electron chi connectivity index (χ3n) is 8.05. The molecule has 4 heterocycles. The Morgan fingerprint density at radius 3 is 2.51 bits per heavy atom. The summed E-state index contributed by atoms with van der Waals surface area (Å²) in [5, 5.41) is 7.17. The van der Waals surface area contributed by atoms with Crippen molar-refractivity contribution in [3.05, 3.63) is 89.8 Å². The zero-order valence-corrected chi connectivity index (χ0v) is 24.4. The molecule has 0 N–H and O–H groups in total. The Morgan fingerprint density at radius 1 is 1.03 bits per heavy atom. The fraction of sp³-hybridized carbons (Fsp3) is 0.455. The van der Waals surface area contributed by atoms with Crippen molar-refractivity contribution in [2.75, 3.05) is 37.6 Å². The van der Waals surface area contributed by atoms with Crippen molar-refractivity contribution >= 4 is 17.4 Å². The van der Waals surface area contributed by atoms with Crippen molar-refractivity contribution < 1.29 is 0 Å². The van der Waals surface area contributed by atoms with E-state index in [-0.39, 0.29) is 5.54 Å². The van der Waals surface area contributed by atoms with E-state index in [0.29, 0.717) is 6.04 Å². The van der Waals surface area contributed by atoms with Crippen LogP contribution in [0.25, 0.3) is 5.70 Å². The monoisotopic (exact) mass is 524 g/mol. The third kappa shape index (κ3) is 5.96. The minimum absolute atomic E-state index is 0.198. The molecular weight excluding hydrogens is 480 g/mol. The van der Waals surface area contributed by atoms with E-state index >= 15 is 0 Å². The van der Waals surface area contributed by atoms with Crippen LogP contribution >= 0.6 is 0 Å². The summed E-state index contributed by atoms with van der Waals surface area (Å²) in [5.41, 5.74) is 5.65. The first-order valence-corrected chi connectivity index (χ1v) is 14.5. The highest BCUT2D eigenvalue weighted by Crippen LogP contribution is 2.35. The zero-order valence-electron chi connectivity index (χ0n) is 24.4. The predicted molar refractivity (Wildman–Crippen MR) is 163 cm³/mol. The fourth-order valence-electron chi connectivity index (χ4n) is 5.91. The Morgan fingerprint density at radius 2 is 1.79 bits per heavy atom. The Kier molecular flexibility index (Phi) is 7.94. The van der Waals surface area contributed by atoms with E-state index in [2.05, 4.69) is 117 Å². The second kappa shape index (κ2) is 11.4. The van der Waals surface area contributed by atoms with Crippen molar-refractivity contribution in [3.63, 3.8) is 0 Å². The van der Waals surface area contributed by atoms with Crippen molar-refractivity contribution in [3.8, 4) is 0 Å². The molecule has 0 aliphatic carbocycles. The molecule has 3 aliphatic rings. The molecule has 1 aromatic heterocycles. The first-order chi connectivity index (χ1) is 18.7. The summed E-state index contributed by atoms with van der Waals surface area (Å²) in [6, 6.07) is 15.6. The topological polar surface area (TPSA) is 38.2 Å². The molecule has 0 radical (unpaired) electrons. The number of nitrogens with zero attached hydrogens (tertiary/aromatic N) is 6. The molecule has 0 amide bonds. The van der Waals surface area contributed by atoms with Crippen LogP contribution in [0.4, 0.5) is 5.82 Å². The quantitative estimate of drug-likeness (QED) is 0.441. The lowest BCUT2D eigenvalue weighted by molar-refractivity contribution is 0.128. The minimum atomic E-state index is 0.198. The minimum Gasteiger partial charge on any atom is -0.354 e. The van der Waals surface area contributed by atoms with Gasteiger partial charge in [0.15, 0.2) is 0 Å². The first-order valence-electron chi connectivity index (χ1n) is 14.5. The summed E-state index contributed by atoms with van der Waals surface area (Å²) >= 11 is 0. The number of benzene rings is 1. The number of piperazine rings is 1. The molecule has 2 saturated heterocycles. The standard InChI is InChI=1S/C33H44N6/c1-7-11-30(28-14-9-16-31(34-28)36-20-22-37(23-21-36)33(4,5)6)39-26(3)17-18-32(35-39)38-19-10-15-29(38)27-13-8-12-25(2)24-27/h8-9,11-14,16-18,24,29H,3,7,10,15,19-23H2,1-2,4-6H3/b30-11-. The van der Waals surface area contributed by atoms with Crippen LogP contribution in [0.15, 0.2) is 78.1 Å². The van der Waals surface area contributed by atoms with Gasteiger partial charge in [0, 0.05) is 38.3 Å². The molecular formula is C33H44N6. The molecule has 5 rings (SSSR count). The van der Waals surface area contributed by atoms with Crippen LogP contribution in [-0.4, -0.2) is 63.9 Å². The molecule has 39 heavy (non-hydrogen) atoms. The average Bonchev–Trinajstić information content (AvgIpc) is 3.42. The maximum Gasteiger partial charge on any atom is 0.150 e. The number of rotatable bonds is 5. The molecule has 0 spiro atoms. The van der Waals surface area contributed by atoms with Gasteiger partial charge in [-0.25, -0.2) is 9.99 Å². The van der Waals surface area contributed by atoms with E-state index in [1.807, 2.05) is 5.01 Å². The second-order valence-corrected chi connectivity index (χ2v) is 11.9. The summed E-state index contributed by atoms with van der Waals surface area (Å²) in [6.07, 6.45) is 9.62. The highest BCUT2D eigenvalue weighted by atomic mass is 15.5. The van der Waals surface area contributed by atoms with Crippen LogP contribution in [0.5, 0.6) is 0 Å². The van der Waals surface area contributed by atoms with Gasteiger partial charge in [0.25, 0.3) is 0 Å². The second-order valence-electron chi connectivity index (χ2n) is 11.9. The van der Waals surface area contributed by atoms with Crippen molar-refractivity contribution in [2.24, 2.45) is 5.10 Å². The maximum atomic E-state index is 5.18. The molecule has 1 unspecified atom stereocenters. The van der Waals surface area contributed by atoms with Gasteiger partial charge < -0.3 is 9.80 Å². The van der Waals surface area contributed by atoms with Crippen LogP contribution in [-0.2, 0) is 0 Å². The average molecular weight is 525 g/mol. The number of anilines is 1. The van der Waals surface area contributed by atoms with E-state index in [9.17, 15) is 0 Å². The number of pyridine rings is 1. The molecule has 1 aromatic carbocycles. The summed E-state index contributed by atoms with van der Waals surface area (Å²) < 4.78 is 0. The summed E-state index contributed by atoms with van der Waals surface area (Å²) in [6.45, 7) is 20.6. The van der Waals surface area contributed by atoms with Gasteiger partial charge in [-0.2, -0.15) is 0 Å². The lowest BCUT2D eigenvalue weighted by Gasteiger charge is -2.42. The summed E-state index contributed by atoms with van der Waals surface area (Å²) in [4.78, 5) is 12.6. The number of likely N-dealkylation sites (tertiary alicyclic amines) is 1. The van der Waals surface area contributed by atoms with Crippen molar-refractivity contribution in [1.29, 1.82) is 0 Å². The SMILES string of the molecule is C=C1C=CC(N2CCCC2c2cccc(C)c2)=NN1/C(=C\CC)c1cccc(N2CCN(C(C)(C)C)CC2)n1. The van der Waals surface area contributed by atoms with Gasteiger partial charge in [-0.1, -0.05) is 55.5 Å². The van der Waals surface area contributed by atoms with Crippen molar-refractivity contribution in [2.45, 2.75) is 65.5 Å². The molecule has 0 saturated carbocycles. The Hall–Kier alpha value is -3.38. The zero-order chi connectivity index (χ0) is 27.6. The number of hydrogen-bond donors (Lipinski definition) is 0. The molecule has 206 valence electrons. The van der Waals surface area contributed by atoms with Gasteiger partial charge in [-0.3, -0.25) is 4.90 Å². The van der Waals surface area contributed by atoms with Gasteiger partial charge in [-0.15, -0.1) is 5.10 Å². The smallest absolute Gasteiger partial charge is 0.150 e. The Labute approximate surface area is 235 Å². The predicted octanol–water partition coefficient (Wildman–Crippen LogP) is 6.60. The lowest BCUT2D eigenvalue weighted by atomic mass is 10.0. The van der Waals surface area contributed by atoms with E-state index in [1.54, 1.807) is 0 Å². The van der Waals surface area contributed by atoms with Gasteiger partial charge in [0.05, 0.1) is 23.1 Å². The normalized spacial score (nSPS) is 21.1. The number of hydrazone groups is 1. The van der Waals surface area contributed by atoms with Crippen LogP contribution in [0, 0.1) is 6.92 Å². The molecule has 0 bridgehead atoms. The molecule has 6 heteroatoms. The van der Waals surface area contributed by atoms with Gasteiger partial charge >= 0.3 is 0 Å². The van der Waals surface area contributed by atoms with Crippen LogP contribution < -0.4 is 4.90 Å². The maximum absolute atomic E-state index is 5.18. The molecule has 2 aromatic rings. The molecule has 1 atom stereocenters. The molecule has 6 nitrogen and oxygen atoms in total. The Balaban J connectivity index is 1.40. The number of aromatic nitrogens is 1. The number of hydrogen-bond acceptors (Lipinski definition) is 6. The molecule has 2 fully saturated rings. The van der Waals surface area contributed by atoms with Gasteiger partial charge in [0.1, 0.15) is 11.7 Å². The van der Waals surface area contributed by atoms with Crippen LogP contribution in [0.2, 0.25) is 0 Å². The summed E-state index contributed by atoms with van der Waals surface area (Å²) in [7, 11) is 0. The fourth-order valence-corrected chi connectivity index (χ4v) is 5.91. The van der Waals surface area contributed by atoms with Gasteiger partial charge in [-0.05, 0) is 76.8 Å². The number of amidine groups is 1. The van der Waals surface area contributed by atoms with E-state index in [0.717, 1.165) is 80.7 Å². The van der Waals surface area contributed by atoms with Gasteiger partial charge in [0.2, 0.25) is 0 Å². The Bertz CT molecular complexity index is 1280. The number of allylic oxidation sites excluding steroid dienone is 2. The van der Waals surface area contributed by atoms with Crippen molar-refractivity contribution in [1.82, 2.24) is 19.8 Å². The third-order valence-corrected chi connectivity index (χ3v) is 8.05. The lowest BCUT2D eigenvalue weighted by Crippen LogP contribution is -2.53. The highest BCUT2D eigenvalue weighted by molar-refractivity contribution is 5.95. The first kappa shape index (κ1) is 27.2. The number of aryl methyl sites for hydroxylation is 1. The van der Waals surface area contributed by atoms with E-state index in [1.165, 1.54) is 11.1 Å².